The third-order valence-electron chi connectivity index (χ3n) is 2.86. The van der Waals surface area contributed by atoms with Crippen LogP contribution in [-0.2, 0) is 4.79 Å². The molecular weight excluding hydrogens is 262 g/mol. The van der Waals surface area contributed by atoms with Gasteiger partial charge < -0.3 is 15.8 Å². The average molecular weight is 281 g/mol. The number of ether oxygens (including phenoxy) is 1. The highest BCUT2D eigenvalue weighted by Crippen LogP contribution is 2.29. The zero-order chi connectivity index (χ0) is 15.1. The summed E-state index contributed by atoms with van der Waals surface area (Å²) in [5, 5.41) is 13.3. The summed E-state index contributed by atoms with van der Waals surface area (Å²) in [4.78, 5) is 22.0. The van der Waals surface area contributed by atoms with E-state index in [0.717, 1.165) is 12.8 Å². The SMILES string of the molecule is CCCCC(N)C(=O)Nc1ccc([N+](=O)[O-])cc1OC. The number of amides is 1. The first-order valence-electron chi connectivity index (χ1n) is 6.38. The predicted octanol–water partition coefficient (Wildman–Crippen LogP) is 2.06. The van der Waals surface area contributed by atoms with Crippen LogP contribution in [0, 0.1) is 10.1 Å². The number of nitro groups is 1. The highest BCUT2D eigenvalue weighted by atomic mass is 16.6. The zero-order valence-electron chi connectivity index (χ0n) is 11.6. The Morgan fingerprint density at radius 3 is 2.80 bits per heavy atom. The number of benzene rings is 1. The van der Waals surface area contributed by atoms with Gasteiger partial charge in [0, 0.05) is 6.07 Å². The van der Waals surface area contributed by atoms with Crippen LogP contribution in [0.3, 0.4) is 0 Å². The van der Waals surface area contributed by atoms with Crippen molar-refractivity contribution in [3.05, 3.63) is 28.3 Å². The van der Waals surface area contributed by atoms with Gasteiger partial charge in [0.25, 0.3) is 5.69 Å². The zero-order valence-corrected chi connectivity index (χ0v) is 11.6. The lowest BCUT2D eigenvalue weighted by Crippen LogP contribution is -2.35. The fraction of sp³-hybridized carbons (Fsp3) is 0.462. The Labute approximate surface area is 117 Å². The van der Waals surface area contributed by atoms with E-state index in [2.05, 4.69) is 5.32 Å². The lowest BCUT2D eigenvalue weighted by molar-refractivity contribution is -0.384. The Kier molecular flexibility index (Phi) is 5.92. The number of nitrogens with zero attached hydrogens (tertiary/aromatic N) is 1. The second-order valence-electron chi connectivity index (χ2n) is 4.38. The molecule has 7 nitrogen and oxygen atoms in total. The molecule has 1 atom stereocenters. The van der Waals surface area contributed by atoms with E-state index in [9.17, 15) is 14.9 Å². The largest absolute Gasteiger partial charge is 0.494 e. The van der Waals surface area contributed by atoms with Gasteiger partial charge in [-0.1, -0.05) is 19.8 Å². The number of carbonyl (C=O) groups excluding carboxylic acids is 1. The molecule has 1 aromatic rings. The monoisotopic (exact) mass is 281 g/mol. The molecule has 3 N–H and O–H groups in total. The molecule has 0 fully saturated rings. The number of nitrogens with two attached hydrogens (primary N) is 1. The average Bonchev–Trinajstić information content (AvgIpc) is 2.44. The molecule has 0 spiro atoms. The van der Waals surface area contributed by atoms with Gasteiger partial charge in [-0.15, -0.1) is 0 Å². The van der Waals surface area contributed by atoms with Crippen LogP contribution in [0.15, 0.2) is 18.2 Å². The van der Waals surface area contributed by atoms with E-state index in [1.165, 1.54) is 25.3 Å². The number of carbonyl (C=O) groups is 1. The number of anilines is 1. The number of hydrogen-bond donors (Lipinski definition) is 2. The van der Waals surface area contributed by atoms with Gasteiger partial charge in [0.15, 0.2) is 0 Å². The van der Waals surface area contributed by atoms with Gasteiger partial charge in [-0.05, 0) is 12.5 Å². The predicted molar refractivity (Wildman–Crippen MR) is 75.8 cm³/mol. The molecule has 0 radical (unpaired) electrons. The van der Waals surface area contributed by atoms with Crippen molar-refractivity contribution < 1.29 is 14.5 Å². The third kappa shape index (κ3) is 4.20. The molecule has 0 heterocycles. The Hall–Kier alpha value is -2.15. The van der Waals surface area contributed by atoms with Gasteiger partial charge >= 0.3 is 0 Å². The first kappa shape index (κ1) is 15.9. The highest BCUT2D eigenvalue weighted by Gasteiger charge is 2.17. The Bertz CT molecular complexity index is 491. The fourth-order valence-electron chi connectivity index (χ4n) is 1.68. The third-order valence-corrected chi connectivity index (χ3v) is 2.86. The van der Waals surface area contributed by atoms with Crippen molar-refractivity contribution in [2.24, 2.45) is 5.73 Å². The number of rotatable bonds is 7. The lowest BCUT2D eigenvalue weighted by Gasteiger charge is -2.14. The van der Waals surface area contributed by atoms with Crippen LogP contribution in [0.5, 0.6) is 5.75 Å². The van der Waals surface area contributed by atoms with Crippen LogP contribution in [-0.4, -0.2) is 24.0 Å². The molecule has 0 bridgehead atoms. The number of methoxy groups -OCH3 is 1. The number of nitrogens with one attached hydrogen (secondary N) is 1. The summed E-state index contributed by atoms with van der Waals surface area (Å²) in [7, 11) is 1.38. The Morgan fingerprint density at radius 1 is 1.55 bits per heavy atom. The smallest absolute Gasteiger partial charge is 0.273 e. The van der Waals surface area contributed by atoms with Gasteiger partial charge in [-0.25, -0.2) is 0 Å². The minimum absolute atomic E-state index is 0.102. The van der Waals surface area contributed by atoms with Crippen LogP contribution in [0.2, 0.25) is 0 Å². The molecule has 0 aromatic heterocycles. The van der Waals surface area contributed by atoms with Gasteiger partial charge in [-0.3, -0.25) is 14.9 Å². The van der Waals surface area contributed by atoms with Crippen molar-refractivity contribution in [1.82, 2.24) is 0 Å². The Balaban J connectivity index is 2.81. The molecule has 1 aromatic carbocycles. The number of unbranched alkanes of at least 4 members (excludes halogenated alkanes) is 1. The first-order chi connectivity index (χ1) is 9.49. The summed E-state index contributed by atoms with van der Waals surface area (Å²) in [6.45, 7) is 2.02. The standard InChI is InChI=1S/C13H19N3O4/c1-3-4-5-10(14)13(17)15-11-7-6-9(16(18)19)8-12(11)20-2/h6-8,10H,3-5,14H2,1-2H3,(H,15,17). The van der Waals surface area contributed by atoms with Crippen molar-refractivity contribution in [3.63, 3.8) is 0 Å². The van der Waals surface area contributed by atoms with Crippen molar-refractivity contribution in [2.45, 2.75) is 32.2 Å². The van der Waals surface area contributed by atoms with Crippen LogP contribution in [0.1, 0.15) is 26.2 Å². The van der Waals surface area contributed by atoms with E-state index in [-0.39, 0.29) is 17.3 Å². The van der Waals surface area contributed by atoms with E-state index in [1.807, 2.05) is 6.92 Å². The lowest BCUT2D eigenvalue weighted by atomic mass is 10.1. The summed E-state index contributed by atoms with van der Waals surface area (Å²) >= 11 is 0. The van der Waals surface area contributed by atoms with E-state index >= 15 is 0 Å². The summed E-state index contributed by atoms with van der Waals surface area (Å²) in [5.41, 5.74) is 6.03. The van der Waals surface area contributed by atoms with Crippen molar-refractivity contribution in [1.29, 1.82) is 0 Å². The molecule has 0 aliphatic carbocycles. The summed E-state index contributed by atoms with van der Waals surface area (Å²) < 4.78 is 5.04. The van der Waals surface area contributed by atoms with Gasteiger partial charge in [0.05, 0.1) is 29.8 Å². The highest BCUT2D eigenvalue weighted by molar-refractivity contribution is 5.96. The van der Waals surface area contributed by atoms with Crippen LogP contribution in [0.4, 0.5) is 11.4 Å². The molecule has 1 unspecified atom stereocenters. The summed E-state index contributed by atoms with van der Waals surface area (Å²) in [6, 6.07) is 3.39. The molecule has 0 saturated heterocycles. The number of nitro benzene ring substituents is 1. The summed E-state index contributed by atoms with van der Waals surface area (Å²) in [5.74, 6) is -0.0964. The molecule has 1 amide bonds. The van der Waals surface area contributed by atoms with E-state index in [1.54, 1.807) is 0 Å². The maximum Gasteiger partial charge on any atom is 0.273 e. The molecular formula is C13H19N3O4. The molecule has 110 valence electrons. The molecule has 7 heteroatoms. The maximum absolute atomic E-state index is 11.9. The van der Waals surface area contributed by atoms with Gasteiger partial charge in [0.1, 0.15) is 5.75 Å². The maximum atomic E-state index is 11.9. The first-order valence-corrected chi connectivity index (χ1v) is 6.38. The van der Waals surface area contributed by atoms with Crippen LogP contribution in [0.25, 0.3) is 0 Å². The molecule has 20 heavy (non-hydrogen) atoms. The quantitative estimate of drug-likeness (QED) is 0.587. The van der Waals surface area contributed by atoms with E-state index in [0.29, 0.717) is 12.1 Å². The van der Waals surface area contributed by atoms with Crippen molar-refractivity contribution in [2.75, 3.05) is 12.4 Å². The van der Waals surface area contributed by atoms with E-state index in [4.69, 9.17) is 10.5 Å². The normalized spacial score (nSPS) is 11.8. The van der Waals surface area contributed by atoms with Crippen LogP contribution >= 0.6 is 0 Å². The minimum Gasteiger partial charge on any atom is -0.494 e. The van der Waals surface area contributed by atoms with Gasteiger partial charge in [0.2, 0.25) is 5.91 Å². The molecule has 0 aliphatic rings. The molecule has 0 saturated carbocycles. The minimum atomic E-state index is -0.602. The van der Waals surface area contributed by atoms with Crippen molar-refractivity contribution >= 4 is 17.3 Å². The van der Waals surface area contributed by atoms with E-state index < -0.39 is 11.0 Å². The number of hydrogen-bond acceptors (Lipinski definition) is 5. The molecule has 0 aliphatic heterocycles. The number of non-ortho nitro benzene ring substituents is 1. The van der Waals surface area contributed by atoms with Gasteiger partial charge in [-0.2, -0.15) is 0 Å². The van der Waals surface area contributed by atoms with Crippen molar-refractivity contribution in [3.8, 4) is 5.75 Å². The second-order valence-corrected chi connectivity index (χ2v) is 4.38. The second kappa shape index (κ2) is 7.44. The summed E-state index contributed by atoms with van der Waals surface area (Å²) in [6.07, 6.45) is 2.42. The van der Waals surface area contributed by atoms with Crippen LogP contribution < -0.4 is 15.8 Å². The molecule has 1 rings (SSSR count). The Morgan fingerprint density at radius 2 is 2.25 bits per heavy atom. The topological polar surface area (TPSA) is 107 Å². The fourth-order valence-corrected chi connectivity index (χ4v) is 1.68.